The molecule has 0 saturated carbocycles. The smallest absolute Gasteiger partial charge is 0.410 e. The number of anilines is 1. The number of carbonyl (C=O) groups excluding carboxylic acids is 1. The second-order valence-corrected chi connectivity index (χ2v) is 8.29. The second-order valence-electron chi connectivity index (χ2n) is 8.29. The normalized spacial score (nSPS) is 17.0. The third-order valence-corrected chi connectivity index (χ3v) is 4.73. The number of aromatic nitrogens is 3. The number of amides is 1. The van der Waals surface area contributed by atoms with Crippen molar-refractivity contribution >= 4 is 22.7 Å². The van der Waals surface area contributed by atoms with Gasteiger partial charge in [-0.15, -0.1) is 0 Å². The van der Waals surface area contributed by atoms with Gasteiger partial charge in [0.25, 0.3) is 0 Å². The van der Waals surface area contributed by atoms with Crippen LogP contribution in [0.3, 0.4) is 0 Å². The molecule has 0 unspecified atom stereocenters. The number of rotatable bonds is 3. The Hall–Kier alpha value is -3.16. The molecule has 3 aromatic rings. The number of hydrogen-bond acceptors (Lipinski definition) is 7. The number of hydrogen-bond donors (Lipinski definition) is 1. The molecular weight excluding hydrogens is 370 g/mol. The van der Waals surface area contributed by atoms with Crippen LogP contribution in [0.15, 0.2) is 35.0 Å². The number of carbonyl (C=O) groups is 1. The van der Waals surface area contributed by atoms with Crippen molar-refractivity contribution in [3.8, 4) is 11.4 Å². The van der Waals surface area contributed by atoms with E-state index in [2.05, 4.69) is 20.4 Å². The van der Waals surface area contributed by atoms with Crippen molar-refractivity contribution in [1.29, 1.82) is 0 Å². The van der Waals surface area contributed by atoms with E-state index in [4.69, 9.17) is 9.26 Å². The Balaban J connectivity index is 1.53. The summed E-state index contributed by atoms with van der Waals surface area (Å²) in [5, 5.41) is 9.53. The van der Waals surface area contributed by atoms with Gasteiger partial charge in [0.15, 0.2) is 0 Å². The van der Waals surface area contributed by atoms with E-state index in [1.165, 1.54) is 0 Å². The number of likely N-dealkylation sites (tertiary alicyclic amines) is 1. The predicted molar refractivity (Wildman–Crippen MR) is 110 cm³/mol. The minimum atomic E-state index is -0.496. The first-order valence-corrected chi connectivity index (χ1v) is 9.72. The largest absolute Gasteiger partial charge is 0.444 e. The number of fused-ring (bicyclic) bond motifs is 1. The van der Waals surface area contributed by atoms with Gasteiger partial charge in [-0.2, -0.15) is 4.98 Å². The minimum Gasteiger partial charge on any atom is -0.444 e. The first-order chi connectivity index (χ1) is 13.8. The summed E-state index contributed by atoms with van der Waals surface area (Å²) < 4.78 is 10.6. The molecule has 2 aromatic heterocycles. The van der Waals surface area contributed by atoms with E-state index in [-0.39, 0.29) is 12.1 Å². The number of nitrogens with zero attached hydrogens (tertiary/aromatic N) is 4. The molecule has 0 aliphatic carbocycles. The molecule has 1 fully saturated rings. The van der Waals surface area contributed by atoms with Crippen molar-refractivity contribution in [2.24, 2.45) is 0 Å². The third kappa shape index (κ3) is 4.31. The average molecular weight is 395 g/mol. The molecule has 8 heteroatoms. The lowest BCUT2D eigenvalue weighted by atomic mass is 10.1. The average Bonchev–Trinajstić information content (AvgIpc) is 3.29. The second kappa shape index (κ2) is 7.35. The Morgan fingerprint density at radius 2 is 2.14 bits per heavy atom. The van der Waals surface area contributed by atoms with Gasteiger partial charge in [-0.3, -0.25) is 0 Å². The monoisotopic (exact) mass is 395 g/mol. The van der Waals surface area contributed by atoms with E-state index < -0.39 is 5.60 Å². The van der Waals surface area contributed by atoms with Gasteiger partial charge in [0.05, 0.1) is 0 Å². The molecule has 152 valence electrons. The Bertz CT molecular complexity index is 1040. The number of pyridine rings is 1. The summed E-state index contributed by atoms with van der Waals surface area (Å²) >= 11 is 0. The number of nitrogens with one attached hydrogen (secondary N) is 1. The standard InChI is InChI=1S/C21H25N5O3/c1-13-23-18(25-29-13)15-6-5-14-7-9-22-19(17(14)11-15)24-16-8-10-26(12-16)20(27)28-21(2,3)4/h5-7,9,11,16H,8,10,12H2,1-4H3,(H,22,24)/t16-/m1/s1. The van der Waals surface area contributed by atoms with Crippen molar-refractivity contribution < 1.29 is 14.1 Å². The summed E-state index contributed by atoms with van der Waals surface area (Å²) in [6.45, 7) is 8.63. The highest BCUT2D eigenvalue weighted by Crippen LogP contribution is 2.28. The van der Waals surface area contributed by atoms with E-state index in [0.29, 0.717) is 24.8 Å². The van der Waals surface area contributed by atoms with Gasteiger partial charge in [-0.25, -0.2) is 9.78 Å². The van der Waals surface area contributed by atoms with Crippen LogP contribution in [0.5, 0.6) is 0 Å². The molecule has 0 spiro atoms. The molecule has 8 nitrogen and oxygen atoms in total. The first-order valence-electron chi connectivity index (χ1n) is 9.72. The van der Waals surface area contributed by atoms with Crippen LogP contribution in [0.25, 0.3) is 22.2 Å². The van der Waals surface area contributed by atoms with Gasteiger partial charge in [-0.1, -0.05) is 17.3 Å². The van der Waals surface area contributed by atoms with Crippen LogP contribution in [-0.2, 0) is 4.74 Å². The summed E-state index contributed by atoms with van der Waals surface area (Å²) in [6.07, 6.45) is 2.34. The first kappa shape index (κ1) is 19.2. The van der Waals surface area contributed by atoms with Gasteiger partial charge in [0.2, 0.25) is 11.7 Å². The molecule has 1 amide bonds. The summed E-state index contributed by atoms with van der Waals surface area (Å²) in [4.78, 5) is 22.9. The Morgan fingerprint density at radius 1 is 1.31 bits per heavy atom. The summed E-state index contributed by atoms with van der Waals surface area (Å²) in [6, 6.07) is 8.07. The molecular formula is C21H25N5O3. The molecule has 1 aliphatic heterocycles. The lowest BCUT2D eigenvalue weighted by Gasteiger charge is -2.24. The molecule has 1 saturated heterocycles. The van der Waals surface area contributed by atoms with Gasteiger partial charge in [-0.05, 0) is 44.7 Å². The Morgan fingerprint density at radius 3 is 2.86 bits per heavy atom. The van der Waals surface area contributed by atoms with E-state index in [0.717, 1.165) is 28.6 Å². The lowest BCUT2D eigenvalue weighted by molar-refractivity contribution is 0.0293. The fourth-order valence-corrected chi connectivity index (χ4v) is 3.40. The van der Waals surface area contributed by atoms with Gasteiger partial charge < -0.3 is 19.5 Å². The number of ether oxygens (including phenoxy) is 1. The zero-order valence-corrected chi connectivity index (χ0v) is 17.1. The van der Waals surface area contributed by atoms with Crippen LogP contribution in [-0.4, -0.2) is 50.9 Å². The van der Waals surface area contributed by atoms with Gasteiger partial charge in [0, 0.05) is 43.2 Å². The third-order valence-electron chi connectivity index (χ3n) is 4.73. The highest BCUT2D eigenvalue weighted by Gasteiger charge is 2.30. The molecule has 29 heavy (non-hydrogen) atoms. The lowest BCUT2D eigenvalue weighted by Crippen LogP contribution is -2.36. The number of benzene rings is 1. The maximum absolute atomic E-state index is 12.3. The predicted octanol–water partition coefficient (Wildman–Crippen LogP) is 4.01. The van der Waals surface area contributed by atoms with Crippen molar-refractivity contribution in [1.82, 2.24) is 20.0 Å². The number of aryl methyl sites for hydroxylation is 1. The molecule has 1 aromatic carbocycles. The van der Waals surface area contributed by atoms with Crippen LogP contribution in [0.4, 0.5) is 10.6 Å². The quantitative estimate of drug-likeness (QED) is 0.716. The topological polar surface area (TPSA) is 93.4 Å². The maximum atomic E-state index is 12.3. The summed E-state index contributed by atoms with van der Waals surface area (Å²) in [7, 11) is 0. The van der Waals surface area contributed by atoms with Crippen molar-refractivity contribution in [2.45, 2.75) is 45.8 Å². The van der Waals surface area contributed by atoms with E-state index >= 15 is 0 Å². The fourth-order valence-electron chi connectivity index (χ4n) is 3.40. The molecule has 0 bridgehead atoms. The molecule has 0 radical (unpaired) electrons. The minimum absolute atomic E-state index is 0.108. The Kier molecular flexibility index (Phi) is 4.86. The van der Waals surface area contributed by atoms with Crippen molar-refractivity contribution in [3.63, 3.8) is 0 Å². The van der Waals surface area contributed by atoms with E-state index in [1.807, 2.05) is 45.0 Å². The molecule has 1 aliphatic rings. The van der Waals surface area contributed by atoms with Crippen LogP contribution >= 0.6 is 0 Å². The van der Waals surface area contributed by atoms with Gasteiger partial charge in [0.1, 0.15) is 11.4 Å². The zero-order valence-electron chi connectivity index (χ0n) is 17.1. The van der Waals surface area contributed by atoms with Crippen LogP contribution < -0.4 is 5.32 Å². The van der Waals surface area contributed by atoms with Crippen LogP contribution in [0.2, 0.25) is 0 Å². The maximum Gasteiger partial charge on any atom is 0.410 e. The van der Waals surface area contributed by atoms with E-state index in [1.54, 1.807) is 18.0 Å². The molecule has 1 N–H and O–H groups in total. The Labute approximate surface area is 169 Å². The van der Waals surface area contributed by atoms with Crippen molar-refractivity contribution in [2.75, 3.05) is 18.4 Å². The van der Waals surface area contributed by atoms with Crippen LogP contribution in [0, 0.1) is 6.92 Å². The van der Waals surface area contributed by atoms with E-state index in [9.17, 15) is 4.79 Å². The molecule has 1 atom stereocenters. The molecule has 3 heterocycles. The summed E-state index contributed by atoms with van der Waals surface area (Å²) in [5.41, 5.74) is 0.371. The highest BCUT2D eigenvalue weighted by molar-refractivity contribution is 5.94. The molecule has 4 rings (SSSR count). The zero-order chi connectivity index (χ0) is 20.6. The van der Waals surface area contributed by atoms with Gasteiger partial charge >= 0.3 is 6.09 Å². The van der Waals surface area contributed by atoms with Crippen LogP contribution in [0.1, 0.15) is 33.1 Å². The van der Waals surface area contributed by atoms with Crippen molar-refractivity contribution in [3.05, 3.63) is 36.4 Å². The summed E-state index contributed by atoms with van der Waals surface area (Å²) in [5.74, 6) is 1.86. The highest BCUT2D eigenvalue weighted by atomic mass is 16.6. The fraction of sp³-hybridized carbons (Fsp3) is 0.429. The SMILES string of the molecule is Cc1nc(-c2ccc3ccnc(N[C@@H]4CCN(C(=O)OC(C)(C)C)C4)c3c2)no1.